The fourth-order valence-corrected chi connectivity index (χ4v) is 2.37. The first-order valence-corrected chi connectivity index (χ1v) is 7.21. The number of hydrogen-bond donors (Lipinski definition) is 2. The summed E-state index contributed by atoms with van der Waals surface area (Å²) in [5, 5.41) is 6.27. The van der Waals surface area contributed by atoms with Gasteiger partial charge in [0.1, 0.15) is 11.5 Å². The number of aryl methyl sites for hydroxylation is 2. The number of carbonyl (C=O) groups excluding carboxylic acids is 1. The van der Waals surface area contributed by atoms with Gasteiger partial charge >= 0.3 is 0 Å². The van der Waals surface area contributed by atoms with Crippen molar-refractivity contribution < 1.29 is 9.21 Å². The van der Waals surface area contributed by atoms with Crippen LogP contribution in [0.1, 0.15) is 39.9 Å². The molecule has 0 aliphatic carbocycles. The molecule has 0 spiro atoms. The van der Waals surface area contributed by atoms with Crippen LogP contribution in [0.4, 0.5) is 5.69 Å². The maximum atomic E-state index is 12.5. The van der Waals surface area contributed by atoms with Gasteiger partial charge in [0.2, 0.25) is 0 Å². The maximum Gasteiger partial charge on any atom is 0.259 e. The molecule has 0 bridgehead atoms. The van der Waals surface area contributed by atoms with Crippen LogP contribution >= 0.6 is 0 Å². The molecule has 21 heavy (non-hydrogen) atoms. The number of rotatable bonds is 5. The number of amides is 1. The van der Waals surface area contributed by atoms with Crippen molar-refractivity contribution >= 4 is 11.6 Å². The van der Waals surface area contributed by atoms with Crippen LogP contribution in [0.3, 0.4) is 0 Å². The zero-order valence-electron chi connectivity index (χ0n) is 13.0. The Bertz CT molecular complexity index is 644. The van der Waals surface area contributed by atoms with Gasteiger partial charge < -0.3 is 15.1 Å². The molecule has 2 rings (SSSR count). The lowest BCUT2D eigenvalue weighted by atomic mass is 10.1. The Morgan fingerprint density at radius 3 is 2.48 bits per heavy atom. The average molecular weight is 286 g/mol. The zero-order chi connectivity index (χ0) is 15.4. The van der Waals surface area contributed by atoms with E-state index in [1.807, 2.05) is 45.0 Å². The molecule has 1 amide bonds. The molecule has 1 aromatic heterocycles. The van der Waals surface area contributed by atoms with E-state index in [9.17, 15) is 4.79 Å². The SMILES string of the molecule is CCNCc1ccccc1NC(=O)c1c(C)oc(C)c1C. The third kappa shape index (κ3) is 3.34. The minimum atomic E-state index is -0.120. The highest BCUT2D eigenvalue weighted by molar-refractivity contribution is 6.06. The number of nitrogens with one attached hydrogen (secondary N) is 2. The van der Waals surface area contributed by atoms with Crippen molar-refractivity contribution in [2.75, 3.05) is 11.9 Å². The minimum Gasteiger partial charge on any atom is -0.466 e. The number of hydrogen-bond acceptors (Lipinski definition) is 3. The summed E-state index contributed by atoms with van der Waals surface area (Å²) in [5.74, 6) is 1.33. The van der Waals surface area contributed by atoms with Crippen LogP contribution in [-0.2, 0) is 6.54 Å². The summed E-state index contributed by atoms with van der Waals surface area (Å²) in [5.41, 5.74) is 3.43. The number of anilines is 1. The van der Waals surface area contributed by atoms with Gasteiger partial charge in [-0.3, -0.25) is 4.79 Å². The van der Waals surface area contributed by atoms with Gasteiger partial charge in [-0.2, -0.15) is 0 Å². The predicted molar refractivity (Wildman–Crippen MR) is 84.7 cm³/mol. The standard InChI is InChI=1S/C17H22N2O2/c1-5-18-10-14-8-6-7-9-15(14)19-17(20)16-11(2)12(3)21-13(16)4/h6-9,18H,5,10H2,1-4H3,(H,19,20). The van der Waals surface area contributed by atoms with Crippen molar-refractivity contribution in [3.8, 4) is 0 Å². The fraction of sp³-hybridized carbons (Fsp3) is 0.353. The smallest absolute Gasteiger partial charge is 0.259 e. The number of benzene rings is 1. The molecule has 1 aromatic carbocycles. The topological polar surface area (TPSA) is 54.3 Å². The predicted octanol–water partition coefficient (Wildman–Crippen LogP) is 3.57. The molecule has 0 saturated carbocycles. The number of furan rings is 1. The third-order valence-electron chi connectivity index (χ3n) is 3.62. The summed E-state index contributed by atoms with van der Waals surface area (Å²) in [7, 11) is 0. The lowest BCUT2D eigenvalue weighted by molar-refractivity contribution is 0.102. The monoisotopic (exact) mass is 286 g/mol. The first-order valence-electron chi connectivity index (χ1n) is 7.21. The van der Waals surface area contributed by atoms with Gasteiger partial charge in [-0.05, 0) is 38.9 Å². The summed E-state index contributed by atoms with van der Waals surface area (Å²) < 4.78 is 5.53. The second kappa shape index (κ2) is 6.59. The average Bonchev–Trinajstić information content (AvgIpc) is 2.71. The van der Waals surface area contributed by atoms with Crippen molar-refractivity contribution in [2.45, 2.75) is 34.2 Å². The van der Waals surface area contributed by atoms with Crippen molar-refractivity contribution in [1.82, 2.24) is 5.32 Å². The summed E-state index contributed by atoms with van der Waals surface area (Å²) in [4.78, 5) is 12.5. The summed E-state index contributed by atoms with van der Waals surface area (Å²) >= 11 is 0. The van der Waals surface area contributed by atoms with E-state index in [-0.39, 0.29) is 5.91 Å². The van der Waals surface area contributed by atoms with Crippen LogP contribution in [0.25, 0.3) is 0 Å². The molecule has 0 radical (unpaired) electrons. The van der Waals surface area contributed by atoms with E-state index in [4.69, 9.17) is 4.42 Å². The van der Waals surface area contributed by atoms with Gasteiger partial charge in [0.05, 0.1) is 5.56 Å². The largest absolute Gasteiger partial charge is 0.466 e. The summed E-state index contributed by atoms with van der Waals surface area (Å²) in [6.45, 7) is 9.28. The van der Waals surface area contributed by atoms with Crippen LogP contribution in [0.15, 0.2) is 28.7 Å². The van der Waals surface area contributed by atoms with Gasteiger partial charge in [0, 0.05) is 17.8 Å². The maximum absolute atomic E-state index is 12.5. The van der Waals surface area contributed by atoms with Gasteiger partial charge in [-0.15, -0.1) is 0 Å². The summed E-state index contributed by atoms with van der Waals surface area (Å²) in [6, 6.07) is 7.83. The van der Waals surface area contributed by atoms with Gasteiger partial charge in [-0.1, -0.05) is 25.1 Å². The number of carbonyl (C=O) groups is 1. The Hall–Kier alpha value is -2.07. The Labute approximate surface area is 125 Å². The molecule has 0 aliphatic rings. The molecule has 0 atom stereocenters. The molecule has 0 saturated heterocycles. The minimum absolute atomic E-state index is 0.120. The second-order valence-corrected chi connectivity index (χ2v) is 5.11. The molecular weight excluding hydrogens is 264 g/mol. The van der Waals surface area contributed by atoms with E-state index >= 15 is 0 Å². The molecule has 2 N–H and O–H groups in total. The van der Waals surface area contributed by atoms with E-state index in [0.717, 1.165) is 35.7 Å². The van der Waals surface area contributed by atoms with Crippen molar-refractivity contribution in [1.29, 1.82) is 0 Å². The van der Waals surface area contributed by atoms with E-state index in [2.05, 4.69) is 17.6 Å². The Kier molecular flexibility index (Phi) is 4.81. The molecule has 112 valence electrons. The first kappa shape index (κ1) is 15.3. The molecule has 1 heterocycles. The molecule has 2 aromatic rings. The molecule has 0 unspecified atom stereocenters. The van der Waals surface area contributed by atoms with Crippen molar-refractivity contribution in [3.63, 3.8) is 0 Å². The highest BCUT2D eigenvalue weighted by atomic mass is 16.3. The zero-order valence-corrected chi connectivity index (χ0v) is 13.0. The first-order chi connectivity index (χ1) is 10.0. The molecule has 4 heteroatoms. The summed E-state index contributed by atoms with van der Waals surface area (Å²) in [6.07, 6.45) is 0. The highest BCUT2D eigenvalue weighted by Gasteiger charge is 2.19. The van der Waals surface area contributed by atoms with E-state index in [1.165, 1.54) is 0 Å². The quantitative estimate of drug-likeness (QED) is 0.883. The van der Waals surface area contributed by atoms with Crippen molar-refractivity contribution in [3.05, 3.63) is 52.5 Å². The van der Waals surface area contributed by atoms with Crippen LogP contribution in [0.5, 0.6) is 0 Å². The van der Waals surface area contributed by atoms with E-state index in [0.29, 0.717) is 11.3 Å². The Balaban J connectivity index is 2.23. The van der Waals surface area contributed by atoms with Crippen molar-refractivity contribution in [2.24, 2.45) is 0 Å². The van der Waals surface area contributed by atoms with E-state index in [1.54, 1.807) is 0 Å². The van der Waals surface area contributed by atoms with Crippen LogP contribution in [-0.4, -0.2) is 12.5 Å². The highest BCUT2D eigenvalue weighted by Crippen LogP contribution is 2.23. The Morgan fingerprint density at radius 1 is 1.14 bits per heavy atom. The molecular formula is C17H22N2O2. The number of para-hydroxylation sites is 1. The van der Waals surface area contributed by atoms with Crippen LogP contribution in [0, 0.1) is 20.8 Å². The van der Waals surface area contributed by atoms with Crippen LogP contribution < -0.4 is 10.6 Å². The fourth-order valence-electron chi connectivity index (χ4n) is 2.37. The lowest BCUT2D eigenvalue weighted by Gasteiger charge is -2.11. The molecule has 0 aliphatic heterocycles. The van der Waals surface area contributed by atoms with Crippen LogP contribution in [0.2, 0.25) is 0 Å². The second-order valence-electron chi connectivity index (χ2n) is 5.11. The van der Waals surface area contributed by atoms with Gasteiger partial charge in [0.25, 0.3) is 5.91 Å². The lowest BCUT2D eigenvalue weighted by Crippen LogP contribution is -2.17. The Morgan fingerprint density at radius 2 is 1.86 bits per heavy atom. The molecule has 0 fully saturated rings. The van der Waals surface area contributed by atoms with Gasteiger partial charge in [0.15, 0.2) is 0 Å². The van der Waals surface area contributed by atoms with E-state index < -0.39 is 0 Å². The normalized spacial score (nSPS) is 10.7. The third-order valence-corrected chi connectivity index (χ3v) is 3.62. The molecule has 4 nitrogen and oxygen atoms in total. The van der Waals surface area contributed by atoms with Gasteiger partial charge in [-0.25, -0.2) is 0 Å².